The van der Waals surface area contributed by atoms with Crippen molar-refractivity contribution >= 4 is 22.4 Å². The summed E-state index contributed by atoms with van der Waals surface area (Å²) < 4.78 is 4.67. The summed E-state index contributed by atoms with van der Waals surface area (Å²) in [4.78, 5) is 17.4. The van der Waals surface area contributed by atoms with E-state index in [1.54, 1.807) is 6.20 Å². The number of nitrogens with zero attached hydrogens (tertiary/aromatic N) is 3. The van der Waals surface area contributed by atoms with Gasteiger partial charge < -0.3 is 14.5 Å². The molecule has 0 spiro atoms. The summed E-state index contributed by atoms with van der Waals surface area (Å²) in [6.45, 7) is 0. The minimum absolute atomic E-state index is 0.171. The number of thiazole rings is 1. The second-order valence-corrected chi connectivity index (χ2v) is 4.29. The molecule has 84 valence electrons. The van der Waals surface area contributed by atoms with E-state index < -0.39 is 5.97 Å². The van der Waals surface area contributed by atoms with Crippen molar-refractivity contribution in [3.63, 3.8) is 0 Å². The molecule has 0 saturated carbocycles. The Hall–Kier alpha value is -1.89. The highest BCUT2D eigenvalue weighted by Gasteiger charge is 2.14. The molecule has 2 aromatic heterocycles. The van der Waals surface area contributed by atoms with Crippen LogP contribution < -0.4 is 4.90 Å². The highest BCUT2D eigenvalue weighted by molar-refractivity contribution is 7.18. The first kappa shape index (κ1) is 10.6. The van der Waals surface area contributed by atoms with Crippen LogP contribution in [0.25, 0.3) is 10.6 Å². The monoisotopic (exact) mass is 239 g/mol. The Labute approximate surface area is 95.1 Å². The third kappa shape index (κ3) is 1.89. The fourth-order valence-electron chi connectivity index (χ4n) is 1.08. The zero-order valence-corrected chi connectivity index (χ0v) is 9.48. The summed E-state index contributed by atoms with van der Waals surface area (Å²) in [7, 11) is 3.77. The number of carboxylic acids is 1. The topological polar surface area (TPSA) is 79.5 Å². The van der Waals surface area contributed by atoms with E-state index in [9.17, 15) is 4.79 Å². The molecule has 7 heteroatoms. The van der Waals surface area contributed by atoms with Gasteiger partial charge in [-0.05, 0) is 0 Å². The zero-order valence-electron chi connectivity index (χ0n) is 8.67. The average molecular weight is 239 g/mol. The second-order valence-electron chi connectivity index (χ2n) is 3.28. The van der Waals surface area contributed by atoms with E-state index >= 15 is 0 Å². The van der Waals surface area contributed by atoms with Gasteiger partial charge in [-0.1, -0.05) is 16.5 Å². The Morgan fingerprint density at radius 1 is 1.56 bits per heavy atom. The van der Waals surface area contributed by atoms with Crippen LogP contribution in [0.15, 0.2) is 16.8 Å². The molecule has 0 aliphatic rings. The molecule has 0 unspecified atom stereocenters. The summed E-state index contributed by atoms with van der Waals surface area (Å²) in [5, 5.41) is 13.2. The van der Waals surface area contributed by atoms with Gasteiger partial charge in [0.05, 0.1) is 4.88 Å². The van der Waals surface area contributed by atoms with Gasteiger partial charge in [-0.3, -0.25) is 0 Å². The molecule has 1 N–H and O–H groups in total. The van der Waals surface area contributed by atoms with E-state index in [0.717, 1.165) is 10.0 Å². The van der Waals surface area contributed by atoms with Crippen molar-refractivity contribution in [3.8, 4) is 10.6 Å². The van der Waals surface area contributed by atoms with Crippen molar-refractivity contribution < 1.29 is 14.4 Å². The molecule has 0 aromatic carbocycles. The third-order valence-electron chi connectivity index (χ3n) is 1.85. The molecule has 0 aliphatic carbocycles. The molecule has 0 atom stereocenters. The van der Waals surface area contributed by atoms with Crippen LogP contribution in [0.5, 0.6) is 0 Å². The molecule has 2 rings (SSSR count). The maximum atomic E-state index is 10.6. The van der Waals surface area contributed by atoms with Gasteiger partial charge in [-0.2, -0.15) is 0 Å². The van der Waals surface area contributed by atoms with Crippen LogP contribution in [0.4, 0.5) is 5.13 Å². The first-order valence-electron chi connectivity index (χ1n) is 4.41. The number of rotatable bonds is 3. The van der Waals surface area contributed by atoms with Crippen LogP contribution in [-0.2, 0) is 0 Å². The van der Waals surface area contributed by atoms with Crippen LogP contribution in [0.2, 0.25) is 0 Å². The normalized spacial score (nSPS) is 10.4. The maximum absolute atomic E-state index is 10.6. The molecule has 2 aromatic rings. The van der Waals surface area contributed by atoms with Gasteiger partial charge in [-0.25, -0.2) is 9.78 Å². The largest absolute Gasteiger partial charge is 0.475 e. The number of aromatic nitrogens is 2. The SMILES string of the molecule is CN(C)c1ncc(-c2cc(C(=O)O)on2)s1. The summed E-state index contributed by atoms with van der Waals surface area (Å²) >= 11 is 1.42. The Bertz CT molecular complexity index is 518. The van der Waals surface area contributed by atoms with Gasteiger partial charge in [0, 0.05) is 26.4 Å². The predicted octanol–water partition coefficient (Wildman–Crippen LogP) is 1.56. The van der Waals surface area contributed by atoms with Crippen molar-refractivity contribution in [2.75, 3.05) is 19.0 Å². The molecule has 16 heavy (non-hydrogen) atoms. The van der Waals surface area contributed by atoms with E-state index in [1.165, 1.54) is 17.4 Å². The average Bonchev–Trinajstić information content (AvgIpc) is 2.86. The maximum Gasteiger partial charge on any atom is 0.374 e. The minimum Gasteiger partial charge on any atom is -0.475 e. The van der Waals surface area contributed by atoms with Crippen molar-refractivity contribution in [1.29, 1.82) is 0 Å². The van der Waals surface area contributed by atoms with Gasteiger partial charge in [-0.15, -0.1) is 0 Å². The fraction of sp³-hybridized carbons (Fsp3) is 0.222. The number of hydrogen-bond acceptors (Lipinski definition) is 6. The van der Waals surface area contributed by atoms with Gasteiger partial charge in [0.2, 0.25) is 5.76 Å². The van der Waals surface area contributed by atoms with E-state index in [0.29, 0.717) is 5.69 Å². The third-order valence-corrected chi connectivity index (χ3v) is 3.04. The smallest absolute Gasteiger partial charge is 0.374 e. The molecule has 6 nitrogen and oxygen atoms in total. The predicted molar refractivity (Wildman–Crippen MR) is 58.9 cm³/mol. The molecule has 0 saturated heterocycles. The lowest BCUT2D eigenvalue weighted by atomic mass is 10.3. The minimum atomic E-state index is -1.13. The summed E-state index contributed by atoms with van der Waals surface area (Å²) in [6.07, 6.45) is 1.64. The first-order valence-corrected chi connectivity index (χ1v) is 5.23. The van der Waals surface area contributed by atoms with E-state index in [1.807, 2.05) is 19.0 Å². The zero-order chi connectivity index (χ0) is 11.7. The number of carboxylic acid groups (broad SMARTS) is 1. The summed E-state index contributed by atoms with van der Waals surface area (Å²) in [6, 6.07) is 1.38. The molecule has 0 fully saturated rings. The molecular formula is C9H9N3O3S. The van der Waals surface area contributed by atoms with Crippen molar-refractivity contribution in [2.24, 2.45) is 0 Å². The first-order chi connectivity index (χ1) is 7.58. The second kappa shape index (κ2) is 3.93. The quantitative estimate of drug-likeness (QED) is 0.875. The Kier molecular flexibility index (Phi) is 2.61. The number of aromatic carboxylic acids is 1. The number of hydrogen-bond donors (Lipinski definition) is 1. The highest BCUT2D eigenvalue weighted by atomic mass is 32.1. The van der Waals surface area contributed by atoms with E-state index in [-0.39, 0.29) is 5.76 Å². The van der Waals surface area contributed by atoms with Crippen LogP contribution in [0.3, 0.4) is 0 Å². The molecule has 0 amide bonds. The Morgan fingerprint density at radius 3 is 2.81 bits per heavy atom. The summed E-state index contributed by atoms with van der Waals surface area (Å²) in [5.74, 6) is -1.30. The van der Waals surface area contributed by atoms with Crippen LogP contribution >= 0.6 is 11.3 Å². The summed E-state index contributed by atoms with van der Waals surface area (Å²) in [5.41, 5.74) is 0.489. The van der Waals surface area contributed by atoms with Crippen LogP contribution in [0, 0.1) is 0 Å². The lowest BCUT2D eigenvalue weighted by Gasteiger charge is -2.04. The van der Waals surface area contributed by atoms with Gasteiger partial charge in [0.1, 0.15) is 5.69 Å². The van der Waals surface area contributed by atoms with Gasteiger partial charge in [0.15, 0.2) is 5.13 Å². The lowest BCUT2D eigenvalue weighted by Crippen LogP contribution is -2.07. The molecule has 0 aliphatic heterocycles. The van der Waals surface area contributed by atoms with Gasteiger partial charge >= 0.3 is 5.97 Å². The van der Waals surface area contributed by atoms with Crippen LogP contribution in [-0.4, -0.2) is 35.3 Å². The van der Waals surface area contributed by atoms with E-state index in [4.69, 9.17) is 5.11 Å². The van der Waals surface area contributed by atoms with Gasteiger partial charge in [0.25, 0.3) is 0 Å². The van der Waals surface area contributed by atoms with Crippen molar-refractivity contribution in [2.45, 2.75) is 0 Å². The van der Waals surface area contributed by atoms with E-state index in [2.05, 4.69) is 14.7 Å². The molecule has 0 bridgehead atoms. The Morgan fingerprint density at radius 2 is 2.31 bits per heavy atom. The molecule has 2 heterocycles. The molecular weight excluding hydrogens is 230 g/mol. The lowest BCUT2D eigenvalue weighted by molar-refractivity contribution is 0.0652. The standard InChI is InChI=1S/C9H9N3O3S/c1-12(2)9-10-4-7(16-9)5-3-6(8(13)14)15-11-5/h3-4H,1-2H3,(H,13,14). The van der Waals surface area contributed by atoms with Crippen molar-refractivity contribution in [3.05, 3.63) is 18.0 Å². The Balaban J connectivity index is 2.31. The highest BCUT2D eigenvalue weighted by Crippen LogP contribution is 2.29. The number of carbonyl (C=O) groups is 1. The fourth-order valence-corrected chi connectivity index (χ4v) is 1.87. The molecule has 0 radical (unpaired) electrons. The van der Waals surface area contributed by atoms with Crippen LogP contribution in [0.1, 0.15) is 10.6 Å². The number of anilines is 1. The van der Waals surface area contributed by atoms with Crippen molar-refractivity contribution in [1.82, 2.24) is 10.1 Å².